The highest BCUT2D eigenvalue weighted by Crippen LogP contribution is 2.36. The zero-order valence-electron chi connectivity index (χ0n) is 15.3. The summed E-state index contributed by atoms with van der Waals surface area (Å²) < 4.78 is 6.28. The van der Waals surface area contributed by atoms with Crippen molar-refractivity contribution in [1.82, 2.24) is 0 Å². The molecule has 0 aliphatic heterocycles. The number of allylic oxidation sites excluding steroid dienone is 2. The molecule has 0 N–H and O–H groups in total. The van der Waals surface area contributed by atoms with Gasteiger partial charge in [-0.1, -0.05) is 66.5 Å². The zero-order valence-corrected chi connectivity index (χ0v) is 16.3. The maximum absolute atomic E-state index is 6.28. The van der Waals surface area contributed by atoms with Gasteiger partial charge in [-0.25, -0.2) is 0 Å². The average molecular weight is 299 g/mol. The van der Waals surface area contributed by atoms with Crippen LogP contribution >= 0.6 is 0 Å². The Morgan fingerprint density at radius 2 is 1.75 bits per heavy atom. The smallest absolute Gasteiger partial charge is 0.191 e. The molecule has 0 amide bonds. The maximum atomic E-state index is 6.28. The first kappa shape index (κ1) is 19.9. The van der Waals surface area contributed by atoms with E-state index >= 15 is 0 Å². The van der Waals surface area contributed by atoms with Gasteiger partial charge >= 0.3 is 0 Å². The second-order valence-electron chi connectivity index (χ2n) is 7.96. The van der Waals surface area contributed by atoms with E-state index in [-0.39, 0.29) is 0 Å². The fourth-order valence-corrected chi connectivity index (χ4v) is 2.93. The van der Waals surface area contributed by atoms with Crippen LogP contribution in [0.15, 0.2) is 12.2 Å². The van der Waals surface area contributed by atoms with Crippen LogP contribution in [0.25, 0.3) is 0 Å². The van der Waals surface area contributed by atoms with E-state index in [1.165, 1.54) is 19.3 Å². The molecule has 0 heterocycles. The van der Waals surface area contributed by atoms with Crippen LogP contribution in [-0.2, 0) is 4.43 Å². The van der Waals surface area contributed by atoms with Gasteiger partial charge < -0.3 is 4.43 Å². The number of unbranched alkanes of at least 4 members (excludes halogenated alkanes) is 1. The van der Waals surface area contributed by atoms with Gasteiger partial charge in [0.25, 0.3) is 0 Å². The number of rotatable bonds is 9. The van der Waals surface area contributed by atoms with Gasteiger partial charge in [0.15, 0.2) is 8.32 Å². The van der Waals surface area contributed by atoms with E-state index in [9.17, 15) is 0 Å². The van der Waals surface area contributed by atoms with Gasteiger partial charge in [0.1, 0.15) is 0 Å². The molecular weight excluding hydrogens is 260 g/mol. The monoisotopic (exact) mass is 298 g/mol. The molecule has 0 radical (unpaired) electrons. The molecule has 2 heteroatoms. The van der Waals surface area contributed by atoms with Crippen LogP contribution in [0.4, 0.5) is 0 Å². The van der Waals surface area contributed by atoms with Gasteiger partial charge in [0.05, 0.1) is 0 Å². The quantitative estimate of drug-likeness (QED) is 0.352. The highest BCUT2D eigenvalue weighted by molar-refractivity contribution is 6.74. The van der Waals surface area contributed by atoms with E-state index in [0.29, 0.717) is 11.0 Å². The Bertz CT molecular complexity index is 276. The molecule has 0 unspecified atom stereocenters. The number of hydrogen-bond donors (Lipinski definition) is 0. The van der Waals surface area contributed by atoms with Crippen molar-refractivity contribution in [2.24, 2.45) is 11.8 Å². The van der Waals surface area contributed by atoms with Crippen molar-refractivity contribution >= 4 is 8.32 Å². The number of hydrogen-bond acceptors (Lipinski definition) is 1. The minimum atomic E-state index is -1.57. The summed E-state index contributed by atoms with van der Waals surface area (Å²) in [5, 5.41) is 0.317. The summed E-state index contributed by atoms with van der Waals surface area (Å²) in [6, 6.07) is 0. The topological polar surface area (TPSA) is 9.23 Å². The van der Waals surface area contributed by atoms with E-state index in [2.05, 4.69) is 66.8 Å². The molecule has 0 spiro atoms. The molecule has 0 aromatic heterocycles. The third kappa shape index (κ3) is 8.26. The molecule has 0 aromatic rings. The van der Waals surface area contributed by atoms with Crippen LogP contribution in [0.3, 0.4) is 0 Å². The Balaban J connectivity index is 4.01. The molecule has 0 aliphatic rings. The van der Waals surface area contributed by atoms with Crippen molar-refractivity contribution in [3.05, 3.63) is 12.2 Å². The molecule has 20 heavy (non-hydrogen) atoms. The van der Waals surface area contributed by atoms with Crippen molar-refractivity contribution in [3.63, 3.8) is 0 Å². The largest absolute Gasteiger partial charge is 0.417 e. The van der Waals surface area contributed by atoms with E-state index in [0.717, 1.165) is 18.9 Å². The van der Waals surface area contributed by atoms with E-state index in [4.69, 9.17) is 4.43 Å². The molecule has 0 aromatic carbocycles. The van der Waals surface area contributed by atoms with Crippen molar-refractivity contribution in [1.29, 1.82) is 0 Å². The van der Waals surface area contributed by atoms with Crippen LogP contribution in [0.2, 0.25) is 18.1 Å². The summed E-state index contributed by atoms with van der Waals surface area (Å²) in [5.74, 6) is 1.35. The lowest BCUT2D eigenvalue weighted by Gasteiger charge is -2.36. The summed E-state index contributed by atoms with van der Waals surface area (Å²) in [4.78, 5) is 0. The molecule has 0 saturated heterocycles. The second kappa shape index (κ2) is 9.04. The zero-order chi connectivity index (χ0) is 15.8. The first-order chi connectivity index (χ1) is 9.10. The lowest BCUT2D eigenvalue weighted by Crippen LogP contribution is -2.41. The fraction of sp³-hybridized carbons (Fsp3) is 0.889. The maximum Gasteiger partial charge on any atom is 0.191 e. The summed E-state index contributed by atoms with van der Waals surface area (Å²) in [7, 11) is -1.57. The fourth-order valence-electron chi connectivity index (χ4n) is 1.80. The normalized spacial score (nSPS) is 16.6. The molecule has 0 aliphatic carbocycles. The first-order valence-corrected chi connectivity index (χ1v) is 11.3. The van der Waals surface area contributed by atoms with Gasteiger partial charge in [-0.15, -0.1) is 0 Å². The summed E-state index contributed by atoms with van der Waals surface area (Å²) in [6.07, 6.45) is 9.86. The Kier molecular flexibility index (Phi) is 9.00. The van der Waals surface area contributed by atoms with Gasteiger partial charge in [0, 0.05) is 6.61 Å². The lowest BCUT2D eigenvalue weighted by molar-refractivity contribution is 0.238. The standard InChI is InChI=1S/C18H38OSi/c1-9-10-12-16(2)13-11-14-17(3)15-19-20(7,8)18(4,5)6/h11,13,16-17H,9-10,12,14-15H2,1-8H3/t16-,17+/m1/s1. The average Bonchev–Trinajstić information content (AvgIpc) is 2.32. The second-order valence-corrected chi connectivity index (χ2v) is 12.8. The molecule has 1 nitrogen and oxygen atoms in total. The SMILES string of the molecule is CCCC[C@@H](C)C=CC[C@H](C)CO[Si](C)(C)C(C)(C)C. The van der Waals surface area contributed by atoms with Crippen molar-refractivity contribution < 1.29 is 4.43 Å². The highest BCUT2D eigenvalue weighted by Gasteiger charge is 2.37. The van der Waals surface area contributed by atoms with Gasteiger partial charge in [-0.05, 0) is 42.8 Å². The molecule has 0 bridgehead atoms. The third-order valence-electron chi connectivity index (χ3n) is 4.55. The third-order valence-corrected chi connectivity index (χ3v) is 9.05. The Morgan fingerprint density at radius 3 is 2.25 bits per heavy atom. The van der Waals surface area contributed by atoms with Crippen LogP contribution in [0.5, 0.6) is 0 Å². The van der Waals surface area contributed by atoms with Crippen LogP contribution < -0.4 is 0 Å². The molecular formula is C18H38OSi. The first-order valence-electron chi connectivity index (χ1n) is 8.40. The molecule has 120 valence electrons. The van der Waals surface area contributed by atoms with Gasteiger partial charge in [-0.3, -0.25) is 0 Å². The van der Waals surface area contributed by atoms with Gasteiger partial charge in [-0.2, -0.15) is 0 Å². The molecule has 0 fully saturated rings. The Labute approximate surface area is 129 Å². The summed E-state index contributed by atoms with van der Waals surface area (Å²) >= 11 is 0. The lowest BCUT2D eigenvalue weighted by atomic mass is 10.0. The van der Waals surface area contributed by atoms with Crippen LogP contribution in [0, 0.1) is 11.8 Å². The predicted molar refractivity (Wildman–Crippen MR) is 94.8 cm³/mol. The van der Waals surface area contributed by atoms with E-state index in [1.807, 2.05) is 0 Å². The highest BCUT2D eigenvalue weighted by atomic mass is 28.4. The minimum Gasteiger partial charge on any atom is -0.417 e. The van der Waals surface area contributed by atoms with Gasteiger partial charge in [0.2, 0.25) is 0 Å². The predicted octanol–water partition coefficient (Wildman–Crippen LogP) is 6.42. The molecule has 0 saturated carbocycles. The van der Waals surface area contributed by atoms with Crippen molar-refractivity contribution in [2.75, 3.05) is 6.61 Å². The minimum absolute atomic E-state index is 0.317. The summed E-state index contributed by atoms with van der Waals surface area (Å²) in [5.41, 5.74) is 0. The van der Waals surface area contributed by atoms with Crippen LogP contribution in [-0.4, -0.2) is 14.9 Å². The molecule has 2 atom stereocenters. The molecule has 0 rings (SSSR count). The van der Waals surface area contributed by atoms with E-state index < -0.39 is 8.32 Å². The van der Waals surface area contributed by atoms with Crippen molar-refractivity contribution in [3.8, 4) is 0 Å². The summed E-state index contributed by atoms with van der Waals surface area (Å²) in [6.45, 7) is 19.4. The Morgan fingerprint density at radius 1 is 1.15 bits per heavy atom. The van der Waals surface area contributed by atoms with Crippen molar-refractivity contribution in [2.45, 2.75) is 85.4 Å². The Hall–Kier alpha value is -0.0831. The van der Waals surface area contributed by atoms with Crippen LogP contribution in [0.1, 0.15) is 67.2 Å². The van der Waals surface area contributed by atoms with E-state index in [1.54, 1.807) is 0 Å².